The number of ether oxygens (including phenoxy) is 1. The minimum atomic E-state index is -0.818. The molecule has 0 radical (unpaired) electrons. The highest BCUT2D eigenvalue weighted by Crippen LogP contribution is 2.23. The van der Waals surface area contributed by atoms with Crippen molar-refractivity contribution in [3.63, 3.8) is 0 Å². The van der Waals surface area contributed by atoms with E-state index in [-0.39, 0.29) is 12.0 Å². The molecule has 1 atom stereocenters. The van der Waals surface area contributed by atoms with E-state index >= 15 is 0 Å². The van der Waals surface area contributed by atoms with E-state index in [4.69, 9.17) is 16.3 Å². The van der Waals surface area contributed by atoms with Crippen molar-refractivity contribution in [3.05, 3.63) is 34.6 Å². The molecule has 0 saturated carbocycles. The van der Waals surface area contributed by atoms with Gasteiger partial charge in [-0.2, -0.15) is 0 Å². The van der Waals surface area contributed by atoms with Gasteiger partial charge in [-0.3, -0.25) is 0 Å². The molecule has 1 aromatic rings. The molecular formula is C14H17ClFNO3. The zero-order chi connectivity index (χ0) is 15.3. The van der Waals surface area contributed by atoms with E-state index in [1.807, 2.05) is 0 Å². The molecule has 20 heavy (non-hydrogen) atoms. The first-order valence-corrected chi connectivity index (χ1v) is 6.49. The lowest BCUT2D eigenvalue weighted by molar-refractivity contribution is -0.108. The minimum Gasteiger partial charge on any atom is -0.444 e. The van der Waals surface area contributed by atoms with Crippen molar-refractivity contribution in [1.29, 1.82) is 0 Å². The zero-order valence-corrected chi connectivity index (χ0v) is 12.3. The molecule has 0 saturated heterocycles. The van der Waals surface area contributed by atoms with E-state index in [1.165, 1.54) is 18.2 Å². The van der Waals surface area contributed by atoms with Gasteiger partial charge in [0.2, 0.25) is 0 Å². The number of alkyl carbamates (subject to hydrolysis) is 1. The van der Waals surface area contributed by atoms with Gasteiger partial charge in [0.25, 0.3) is 0 Å². The smallest absolute Gasteiger partial charge is 0.408 e. The number of carbonyl (C=O) groups is 2. The average Bonchev–Trinajstić information content (AvgIpc) is 2.29. The molecule has 0 aliphatic carbocycles. The Morgan fingerprint density at radius 1 is 1.50 bits per heavy atom. The van der Waals surface area contributed by atoms with Crippen molar-refractivity contribution < 1.29 is 18.7 Å². The lowest BCUT2D eigenvalue weighted by Gasteiger charge is -2.23. The standard InChI is InChI=1S/C14H17ClFNO3/c1-14(2,3)20-13(19)17-12(6-7-18)10-8-9(15)4-5-11(10)16/h4-5,7-8,12H,6H2,1-3H3,(H,17,19)/t12-/m1/s1. The number of hydrogen-bond donors (Lipinski definition) is 1. The predicted octanol–water partition coefficient (Wildman–Crippen LogP) is 3.63. The van der Waals surface area contributed by atoms with Crippen LogP contribution in [-0.2, 0) is 9.53 Å². The maximum atomic E-state index is 13.8. The lowest BCUT2D eigenvalue weighted by Crippen LogP contribution is -2.35. The largest absolute Gasteiger partial charge is 0.444 e. The Hall–Kier alpha value is -1.62. The molecule has 4 nitrogen and oxygen atoms in total. The highest BCUT2D eigenvalue weighted by Gasteiger charge is 2.22. The minimum absolute atomic E-state index is 0.0729. The van der Waals surface area contributed by atoms with Crippen LogP contribution in [0, 0.1) is 5.82 Å². The summed E-state index contributed by atoms with van der Waals surface area (Å²) in [5.41, 5.74) is -0.529. The molecule has 0 aliphatic rings. The number of hydrogen-bond acceptors (Lipinski definition) is 3. The van der Waals surface area contributed by atoms with Crippen LogP contribution in [0.5, 0.6) is 0 Å². The first-order chi connectivity index (χ1) is 9.23. The van der Waals surface area contributed by atoms with Crippen molar-refractivity contribution >= 4 is 24.0 Å². The van der Waals surface area contributed by atoms with Gasteiger partial charge < -0.3 is 14.8 Å². The van der Waals surface area contributed by atoms with Crippen molar-refractivity contribution in [1.82, 2.24) is 5.32 Å². The fraction of sp³-hybridized carbons (Fsp3) is 0.429. The van der Waals surface area contributed by atoms with Crippen LogP contribution < -0.4 is 5.32 Å². The van der Waals surface area contributed by atoms with Gasteiger partial charge in [-0.05, 0) is 39.0 Å². The van der Waals surface area contributed by atoms with E-state index in [0.717, 1.165) is 0 Å². The monoisotopic (exact) mass is 301 g/mol. The molecule has 0 aromatic heterocycles. The first kappa shape index (κ1) is 16.4. The summed E-state index contributed by atoms with van der Waals surface area (Å²) in [6, 6.07) is 3.14. The van der Waals surface area contributed by atoms with Gasteiger partial charge in [-0.25, -0.2) is 9.18 Å². The van der Waals surface area contributed by atoms with Crippen LogP contribution in [0.4, 0.5) is 9.18 Å². The topological polar surface area (TPSA) is 55.4 Å². The van der Waals surface area contributed by atoms with Gasteiger partial charge in [0, 0.05) is 17.0 Å². The van der Waals surface area contributed by atoms with E-state index in [0.29, 0.717) is 11.3 Å². The van der Waals surface area contributed by atoms with Crippen molar-refractivity contribution in [3.8, 4) is 0 Å². The number of aldehydes is 1. The summed E-state index contributed by atoms with van der Waals surface area (Å²) in [4.78, 5) is 22.4. The Labute approximate surface area is 122 Å². The molecule has 0 heterocycles. The van der Waals surface area contributed by atoms with Crippen molar-refractivity contribution in [2.75, 3.05) is 0 Å². The molecule has 6 heteroatoms. The molecule has 1 rings (SSSR count). The summed E-state index contributed by atoms with van der Waals surface area (Å²) in [7, 11) is 0. The Morgan fingerprint density at radius 3 is 2.70 bits per heavy atom. The van der Waals surface area contributed by atoms with Gasteiger partial charge in [-0.15, -0.1) is 0 Å². The highest BCUT2D eigenvalue weighted by atomic mass is 35.5. The number of carbonyl (C=O) groups excluding carboxylic acids is 2. The second kappa shape index (κ2) is 6.70. The Kier molecular flexibility index (Phi) is 5.51. The summed E-state index contributed by atoms with van der Waals surface area (Å²) in [5, 5.41) is 2.79. The summed E-state index contributed by atoms with van der Waals surface area (Å²) in [6.07, 6.45) is -0.192. The van der Waals surface area contributed by atoms with Crippen LogP contribution in [-0.4, -0.2) is 18.0 Å². The van der Waals surface area contributed by atoms with Crippen LogP contribution >= 0.6 is 11.6 Å². The molecule has 0 spiro atoms. The zero-order valence-electron chi connectivity index (χ0n) is 11.6. The van der Waals surface area contributed by atoms with Crippen LogP contribution in [0.2, 0.25) is 5.02 Å². The van der Waals surface area contributed by atoms with Crippen LogP contribution in [0.1, 0.15) is 38.8 Å². The predicted molar refractivity (Wildman–Crippen MR) is 74.2 cm³/mol. The molecule has 0 unspecified atom stereocenters. The SMILES string of the molecule is CC(C)(C)OC(=O)N[C@H](CC=O)c1cc(Cl)ccc1F. The molecule has 0 fully saturated rings. The van der Waals surface area contributed by atoms with Gasteiger partial charge in [0.15, 0.2) is 0 Å². The third kappa shape index (κ3) is 5.17. The molecular weight excluding hydrogens is 285 g/mol. The van der Waals surface area contributed by atoms with E-state index < -0.39 is 23.6 Å². The fourth-order valence-corrected chi connectivity index (χ4v) is 1.77. The van der Waals surface area contributed by atoms with Crippen LogP contribution in [0.3, 0.4) is 0 Å². The molecule has 1 N–H and O–H groups in total. The Morgan fingerprint density at radius 2 is 2.15 bits per heavy atom. The van der Waals surface area contributed by atoms with Gasteiger partial charge in [0.05, 0.1) is 6.04 Å². The number of rotatable bonds is 4. The third-order valence-corrected chi connectivity index (χ3v) is 2.59. The van der Waals surface area contributed by atoms with E-state index in [2.05, 4.69) is 5.32 Å². The second-order valence-corrected chi connectivity index (χ2v) is 5.70. The van der Waals surface area contributed by atoms with E-state index in [1.54, 1.807) is 20.8 Å². The van der Waals surface area contributed by atoms with E-state index in [9.17, 15) is 14.0 Å². The van der Waals surface area contributed by atoms with Crippen LogP contribution in [0.15, 0.2) is 18.2 Å². The Bertz CT molecular complexity index is 500. The number of halogens is 2. The Balaban J connectivity index is 2.91. The summed E-state index contributed by atoms with van der Waals surface area (Å²) in [6.45, 7) is 5.13. The summed E-state index contributed by atoms with van der Waals surface area (Å²) < 4.78 is 18.8. The highest BCUT2D eigenvalue weighted by molar-refractivity contribution is 6.30. The molecule has 110 valence electrons. The second-order valence-electron chi connectivity index (χ2n) is 5.27. The third-order valence-electron chi connectivity index (χ3n) is 2.36. The number of nitrogens with one attached hydrogen (secondary N) is 1. The van der Waals surface area contributed by atoms with Gasteiger partial charge in [-0.1, -0.05) is 11.6 Å². The fourth-order valence-electron chi connectivity index (χ4n) is 1.59. The molecule has 0 aliphatic heterocycles. The number of benzene rings is 1. The summed E-state index contributed by atoms with van der Waals surface area (Å²) >= 11 is 5.81. The lowest BCUT2D eigenvalue weighted by atomic mass is 10.0. The normalized spacial score (nSPS) is 12.7. The molecule has 1 aromatic carbocycles. The maximum absolute atomic E-state index is 13.8. The van der Waals surface area contributed by atoms with Crippen molar-refractivity contribution in [2.45, 2.75) is 38.8 Å². The van der Waals surface area contributed by atoms with Gasteiger partial charge in [0.1, 0.15) is 17.7 Å². The van der Waals surface area contributed by atoms with Gasteiger partial charge >= 0.3 is 6.09 Å². The molecule has 1 amide bonds. The molecule has 0 bridgehead atoms. The maximum Gasteiger partial charge on any atom is 0.408 e. The summed E-state index contributed by atoms with van der Waals surface area (Å²) in [5.74, 6) is -0.544. The number of amides is 1. The van der Waals surface area contributed by atoms with Crippen molar-refractivity contribution in [2.24, 2.45) is 0 Å². The average molecular weight is 302 g/mol. The quantitative estimate of drug-likeness (QED) is 0.864. The van der Waals surface area contributed by atoms with Crippen LogP contribution in [0.25, 0.3) is 0 Å². The first-order valence-electron chi connectivity index (χ1n) is 6.11.